The van der Waals surface area contributed by atoms with Crippen LogP contribution in [0.3, 0.4) is 0 Å². The molecule has 0 spiro atoms. The van der Waals surface area contributed by atoms with E-state index in [0.717, 1.165) is 0 Å². The zero-order valence-corrected chi connectivity index (χ0v) is 8.46. The molecule has 0 aliphatic carbocycles. The van der Waals surface area contributed by atoms with Crippen molar-refractivity contribution in [1.82, 2.24) is 4.90 Å². The lowest BCUT2D eigenvalue weighted by atomic mass is 10.1. The van der Waals surface area contributed by atoms with Crippen LogP contribution in [0.5, 0.6) is 0 Å². The van der Waals surface area contributed by atoms with E-state index in [0.29, 0.717) is 0 Å². The number of carbonyl (C=O) groups excluding carboxylic acids is 1. The topological polar surface area (TPSA) is 57.6 Å². The number of carboxylic acids is 1. The third kappa shape index (κ3) is 3.71. The summed E-state index contributed by atoms with van der Waals surface area (Å²) in [5.41, 5.74) is 0. The molecule has 1 aliphatic rings. The third-order valence-electron chi connectivity index (χ3n) is 2.45. The largest absolute Gasteiger partial charge is 0.481 e. The number of hydrogen-bond acceptors (Lipinski definition) is 2. The van der Waals surface area contributed by atoms with Gasteiger partial charge in [0, 0.05) is 25.9 Å². The molecule has 1 atom stereocenters. The van der Waals surface area contributed by atoms with E-state index in [4.69, 9.17) is 5.11 Å². The molecule has 16 heavy (non-hydrogen) atoms. The van der Waals surface area contributed by atoms with Gasteiger partial charge < -0.3 is 10.0 Å². The first-order valence-electron chi connectivity index (χ1n) is 4.87. The van der Waals surface area contributed by atoms with Crippen LogP contribution in [0.15, 0.2) is 0 Å². The monoisotopic (exact) mass is 239 g/mol. The van der Waals surface area contributed by atoms with Gasteiger partial charge in [-0.2, -0.15) is 13.2 Å². The van der Waals surface area contributed by atoms with E-state index < -0.39 is 24.5 Å². The average molecular weight is 239 g/mol. The van der Waals surface area contributed by atoms with Crippen molar-refractivity contribution in [3.05, 3.63) is 0 Å². The highest BCUT2D eigenvalue weighted by Crippen LogP contribution is 2.23. The lowest BCUT2D eigenvalue weighted by Gasteiger charge is -2.16. The number of carbonyl (C=O) groups is 2. The normalized spacial score (nSPS) is 21.6. The first-order chi connectivity index (χ1) is 7.29. The summed E-state index contributed by atoms with van der Waals surface area (Å²) in [7, 11) is 0. The van der Waals surface area contributed by atoms with E-state index in [-0.39, 0.29) is 31.8 Å². The summed E-state index contributed by atoms with van der Waals surface area (Å²) < 4.78 is 35.5. The van der Waals surface area contributed by atoms with Crippen molar-refractivity contribution in [2.75, 3.05) is 13.1 Å². The quantitative estimate of drug-likeness (QED) is 0.803. The van der Waals surface area contributed by atoms with E-state index in [1.807, 2.05) is 0 Å². The van der Waals surface area contributed by atoms with Crippen LogP contribution >= 0.6 is 0 Å². The Morgan fingerprint density at radius 3 is 2.56 bits per heavy atom. The molecule has 0 aromatic rings. The van der Waals surface area contributed by atoms with E-state index >= 15 is 0 Å². The lowest BCUT2D eigenvalue weighted by Crippen LogP contribution is -2.28. The number of rotatable bonds is 4. The van der Waals surface area contributed by atoms with Crippen LogP contribution < -0.4 is 0 Å². The van der Waals surface area contributed by atoms with Crippen molar-refractivity contribution in [2.24, 2.45) is 5.92 Å². The summed E-state index contributed by atoms with van der Waals surface area (Å²) in [5.74, 6) is -2.24. The first kappa shape index (κ1) is 12.8. The fraction of sp³-hybridized carbons (Fsp3) is 0.778. The molecule has 1 saturated heterocycles. The second-order valence-electron chi connectivity index (χ2n) is 3.80. The number of amides is 1. The number of alkyl halides is 3. The molecule has 7 heteroatoms. The standard InChI is InChI=1S/C9H12F3NO3/c10-9(11,12)2-1-3-13-5-6(8(15)16)4-7(13)14/h6H,1-5H2,(H,15,16). The summed E-state index contributed by atoms with van der Waals surface area (Å²) in [6, 6.07) is 0. The Morgan fingerprint density at radius 1 is 1.50 bits per heavy atom. The Bertz CT molecular complexity index is 290. The molecule has 1 unspecified atom stereocenters. The predicted octanol–water partition coefficient (Wildman–Crippen LogP) is 1.26. The molecule has 0 aromatic carbocycles. The molecular formula is C9H12F3NO3. The van der Waals surface area contributed by atoms with Crippen LogP contribution in [-0.2, 0) is 9.59 Å². The van der Waals surface area contributed by atoms with Crippen LogP contribution in [0.4, 0.5) is 13.2 Å². The van der Waals surface area contributed by atoms with E-state index in [2.05, 4.69) is 0 Å². The first-order valence-corrected chi connectivity index (χ1v) is 4.87. The molecule has 0 bridgehead atoms. The van der Waals surface area contributed by atoms with Gasteiger partial charge >= 0.3 is 12.1 Å². The molecule has 1 fully saturated rings. The number of hydrogen-bond donors (Lipinski definition) is 1. The summed E-state index contributed by atoms with van der Waals surface area (Å²) in [5, 5.41) is 8.64. The van der Waals surface area contributed by atoms with Gasteiger partial charge in [-0.1, -0.05) is 0 Å². The number of nitrogens with zero attached hydrogens (tertiary/aromatic N) is 1. The maximum absolute atomic E-state index is 11.8. The minimum Gasteiger partial charge on any atom is -0.481 e. The van der Waals surface area contributed by atoms with Gasteiger partial charge in [-0.05, 0) is 6.42 Å². The van der Waals surface area contributed by atoms with Gasteiger partial charge in [-0.25, -0.2) is 0 Å². The number of aliphatic carboxylic acids is 1. The smallest absolute Gasteiger partial charge is 0.389 e. The Morgan fingerprint density at radius 2 is 2.12 bits per heavy atom. The fourth-order valence-electron chi connectivity index (χ4n) is 1.62. The van der Waals surface area contributed by atoms with Crippen molar-refractivity contribution in [1.29, 1.82) is 0 Å². The molecule has 1 aliphatic heterocycles. The van der Waals surface area contributed by atoms with Gasteiger partial charge in [0.2, 0.25) is 5.91 Å². The Labute approximate surface area is 90.0 Å². The van der Waals surface area contributed by atoms with Gasteiger partial charge in [0.15, 0.2) is 0 Å². The molecular weight excluding hydrogens is 227 g/mol. The zero-order chi connectivity index (χ0) is 12.3. The number of likely N-dealkylation sites (tertiary alicyclic amines) is 1. The van der Waals surface area contributed by atoms with E-state index in [1.165, 1.54) is 4.90 Å². The summed E-state index contributed by atoms with van der Waals surface area (Å²) in [6.45, 7) is -0.00581. The van der Waals surface area contributed by atoms with Crippen LogP contribution in [0.25, 0.3) is 0 Å². The Balaban J connectivity index is 2.34. The second kappa shape index (κ2) is 4.71. The highest BCUT2D eigenvalue weighted by atomic mass is 19.4. The Hall–Kier alpha value is -1.27. The van der Waals surface area contributed by atoms with Crippen molar-refractivity contribution < 1.29 is 27.9 Å². The van der Waals surface area contributed by atoms with Crippen LogP contribution in [0.1, 0.15) is 19.3 Å². The molecule has 0 aromatic heterocycles. The molecule has 0 saturated carbocycles. The number of halogens is 3. The predicted molar refractivity (Wildman–Crippen MR) is 47.6 cm³/mol. The van der Waals surface area contributed by atoms with Gasteiger partial charge in [0.05, 0.1) is 5.92 Å². The number of carboxylic acid groups (broad SMARTS) is 1. The highest BCUT2D eigenvalue weighted by molar-refractivity contribution is 5.86. The highest BCUT2D eigenvalue weighted by Gasteiger charge is 2.34. The second-order valence-corrected chi connectivity index (χ2v) is 3.80. The minimum absolute atomic E-state index is 0.0199. The molecule has 4 nitrogen and oxygen atoms in total. The van der Waals surface area contributed by atoms with Crippen molar-refractivity contribution in [3.63, 3.8) is 0 Å². The molecule has 0 radical (unpaired) electrons. The van der Waals surface area contributed by atoms with Crippen molar-refractivity contribution >= 4 is 11.9 Å². The van der Waals surface area contributed by atoms with E-state index in [9.17, 15) is 22.8 Å². The fourth-order valence-corrected chi connectivity index (χ4v) is 1.62. The Kier molecular flexibility index (Phi) is 3.77. The minimum atomic E-state index is -4.23. The van der Waals surface area contributed by atoms with Crippen LogP contribution in [0, 0.1) is 5.92 Å². The maximum atomic E-state index is 11.8. The summed E-state index contributed by atoms with van der Waals surface area (Å²) in [4.78, 5) is 23.0. The van der Waals surface area contributed by atoms with Gasteiger partial charge in [-0.3, -0.25) is 9.59 Å². The van der Waals surface area contributed by atoms with Gasteiger partial charge in [0.25, 0.3) is 0 Å². The van der Waals surface area contributed by atoms with Crippen LogP contribution in [-0.4, -0.2) is 41.1 Å². The van der Waals surface area contributed by atoms with Crippen molar-refractivity contribution in [2.45, 2.75) is 25.4 Å². The van der Waals surface area contributed by atoms with Crippen molar-refractivity contribution in [3.8, 4) is 0 Å². The molecule has 1 N–H and O–H groups in total. The van der Waals surface area contributed by atoms with E-state index in [1.54, 1.807) is 0 Å². The zero-order valence-electron chi connectivity index (χ0n) is 8.46. The lowest BCUT2D eigenvalue weighted by molar-refractivity contribution is -0.141. The summed E-state index contributed by atoms with van der Waals surface area (Å²) >= 11 is 0. The van der Waals surface area contributed by atoms with Gasteiger partial charge in [-0.15, -0.1) is 0 Å². The van der Waals surface area contributed by atoms with Crippen LogP contribution in [0.2, 0.25) is 0 Å². The van der Waals surface area contributed by atoms with Gasteiger partial charge in [0.1, 0.15) is 0 Å². The average Bonchev–Trinajstić information content (AvgIpc) is 2.46. The molecule has 1 rings (SSSR count). The maximum Gasteiger partial charge on any atom is 0.389 e. The molecule has 92 valence electrons. The molecule has 1 heterocycles. The SMILES string of the molecule is O=C(O)C1CC(=O)N(CCCC(F)(F)F)C1. The summed E-state index contributed by atoms with van der Waals surface area (Å²) in [6.07, 6.45) is -5.47. The third-order valence-corrected chi connectivity index (χ3v) is 2.45. The molecule has 1 amide bonds.